The lowest BCUT2D eigenvalue weighted by Gasteiger charge is -2.18. The van der Waals surface area contributed by atoms with E-state index in [1.165, 1.54) is 0 Å². The minimum absolute atomic E-state index is 0.156. The zero-order valence-electron chi connectivity index (χ0n) is 9.63. The monoisotopic (exact) mass is 302 g/mol. The zero-order chi connectivity index (χ0) is 15.6. The van der Waals surface area contributed by atoms with Gasteiger partial charge in [-0.25, -0.2) is 0 Å². The van der Waals surface area contributed by atoms with Crippen molar-refractivity contribution in [2.75, 3.05) is 6.61 Å². The van der Waals surface area contributed by atoms with Gasteiger partial charge in [0.05, 0.1) is 5.56 Å². The molecule has 1 unspecified atom stereocenters. The maximum absolute atomic E-state index is 12.6. The van der Waals surface area contributed by atoms with Crippen LogP contribution in [-0.4, -0.2) is 30.3 Å². The largest absolute Gasteiger partial charge is 0.490 e. The number of aldehydes is 1. The molecule has 20 heavy (non-hydrogen) atoms. The molecule has 0 amide bonds. The lowest BCUT2D eigenvalue weighted by Crippen LogP contribution is -2.34. The second-order valence-electron chi connectivity index (χ2n) is 3.74. The Balaban J connectivity index is 2.98. The zero-order valence-corrected chi connectivity index (χ0v) is 9.63. The maximum atomic E-state index is 12.6. The number of benzene rings is 1. The first-order valence-electron chi connectivity index (χ1n) is 5.09. The van der Waals surface area contributed by atoms with Crippen molar-refractivity contribution < 1.29 is 41.0 Å². The first-order valence-corrected chi connectivity index (χ1v) is 5.09. The number of alkyl halides is 6. The highest BCUT2D eigenvalue weighted by Gasteiger charge is 2.40. The summed E-state index contributed by atoms with van der Waals surface area (Å²) in [4.78, 5) is 10.4. The molecule has 0 fully saturated rings. The minimum Gasteiger partial charge on any atom is -0.490 e. The Bertz CT molecular complexity index is 480. The maximum Gasteiger partial charge on any atom is 0.419 e. The van der Waals surface area contributed by atoms with Gasteiger partial charge in [-0.15, -0.1) is 0 Å². The van der Waals surface area contributed by atoms with Crippen LogP contribution in [0.3, 0.4) is 0 Å². The van der Waals surface area contributed by atoms with Crippen molar-refractivity contribution >= 4 is 6.29 Å². The summed E-state index contributed by atoms with van der Waals surface area (Å²) in [5.74, 6) is -0.897. The molecule has 1 aromatic rings. The second kappa shape index (κ2) is 5.70. The molecule has 0 aliphatic rings. The first kappa shape index (κ1) is 16.3. The van der Waals surface area contributed by atoms with Gasteiger partial charge in [0.2, 0.25) is 0 Å². The Hall–Kier alpha value is -1.77. The third kappa shape index (κ3) is 4.12. The van der Waals surface area contributed by atoms with Gasteiger partial charge < -0.3 is 9.84 Å². The van der Waals surface area contributed by atoms with Gasteiger partial charge in [-0.05, 0) is 18.2 Å². The summed E-state index contributed by atoms with van der Waals surface area (Å²) in [6, 6.07) is 2.12. The van der Waals surface area contributed by atoms with Gasteiger partial charge in [0, 0.05) is 5.56 Å². The van der Waals surface area contributed by atoms with Crippen molar-refractivity contribution in [3.63, 3.8) is 0 Å². The Kier molecular flexibility index (Phi) is 4.64. The number of carbonyl (C=O) groups is 1. The molecule has 0 saturated heterocycles. The van der Waals surface area contributed by atoms with Crippen molar-refractivity contribution in [1.82, 2.24) is 0 Å². The predicted molar refractivity (Wildman–Crippen MR) is 54.4 cm³/mol. The van der Waals surface area contributed by atoms with Crippen LogP contribution in [0.2, 0.25) is 0 Å². The van der Waals surface area contributed by atoms with Crippen LogP contribution >= 0.6 is 0 Å². The smallest absolute Gasteiger partial charge is 0.419 e. The Morgan fingerprint density at radius 2 is 1.80 bits per heavy atom. The van der Waals surface area contributed by atoms with Gasteiger partial charge in [-0.3, -0.25) is 4.79 Å². The van der Waals surface area contributed by atoms with Gasteiger partial charge in [0.1, 0.15) is 18.6 Å². The van der Waals surface area contributed by atoms with Gasteiger partial charge in [-0.2, -0.15) is 26.3 Å². The van der Waals surface area contributed by atoms with Gasteiger partial charge in [0.25, 0.3) is 0 Å². The van der Waals surface area contributed by atoms with Crippen LogP contribution in [0.15, 0.2) is 18.2 Å². The third-order valence-corrected chi connectivity index (χ3v) is 2.22. The van der Waals surface area contributed by atoms with E-state index in [4.69, 9.17) is 5.11 Å². The Labute approximate surface area is 108 Å². The number of aliphatic hydroxyl groups is 1. The highest BCUT2D eigenvalue weighted by molar-refractivity contribution is 5.75. The minimum atomic E-state index is -5.00. The van der Waals surface area contributed by atoms with E-state index in [1.54, 1.807) is 0 Å². The lowest BCUT2D eigenvalue weighted by molar-refractivity contribution is -0.211. The summed E-state index contributed by atoms with van der Waals surface area (Å²) >= 11 is 0. The summed E-state index contributed by atoms with van der Waals surface area (Å²) in [7, 11) is 0. The van der Waals surface area contributed by atoms with E-state index in [-0.39, 0.29) is 11.8 Å². The number of halogens is 6. The molecule has 0 aliphatic heterocycles. The summed E-state index contributed by atoms with van der Waals surface area (Å²) in [5, 5.41) is 8.65. The molecule has 0 heterocycles. The predicted octanol–water partition coefficient (Wildman–Crippen LogP) is 2.82. The number of aliphatic hydroxyl groups excluding tert-OH is 1. The van der Waals surface area contributed by atoms with Crippen molar-refractivity contribution in [2.24, 2.45) is 0 Å². The van der Waals surface area contributed by atoms with Crippen LogP contribution in [0, 0.1) is 0 Å². The average molecular weight is 302 g/mol. The van der Waals surface area contributed by atoms with Crippen LogP contribution in [0.25, 0.3) is 0 Å². The molecule has 0 radical (unpaired) electrons. The number of rotatable bonds is 4. The highest BCUT2D eigenvalue weighted by atomic mass is 19.4. The first-order chi connectivity index (χ1) is 9.05. The lowest BCUT2D eigenvalue weighted by atomic mass is 10.1. The van der Waals surface area contributed by atoms with Crippen LogP contribution in [0.1, 0.15) is 15.9 Å². The molecule has 1 rings (SSSR count). The van der Waals surface area contributed by atoms with Gasteiger partial charge in [-0.1, -0.05) is 0 Å². The second-order valence-corrected chi connectivity index (χ2v) is 3.74. The molecular formula is C11H8F6O3. The molecule has 0 aromatic heterocycles. The third-order valence-electron chi connectivity index (χ3n) is 2.22. The van der Waals surface area contributed by atoms with Crippen LogP contribution in [-0.2, 0) is 6.18 Å². The molecule has 1 atom stereocenters. The molecule has 0 aliphatic carbocycles. The summed E-state index contributed by atoms with van der Waals surface area (Å²) in [5.41, 5.74) is -1.70. The van der Waals surface area contributed by atoms with Gasteiger partial charge >= 0.3 is 12.4 Å². The van der Waals surface area contributed by atoms with E-state index in [1.807, 2.05) is 0 Å². The van der Waals surface area contributed by atoms with E-state index >= 15 is 0 Å². The number of hydrogen-bond donors (Lipinski definition) is 1. The molecule has 112 valence electrons. The summed E-state index contributed by atoms with van der Waals surface area (Å²) < 4.78 is 78.3. The van der Waals surface area contributed by atoms with E-state index in [2.05, 4.69) is 4.74 Å². The fourth-order valence-corrected chi connectivity index (χ4v) is 1.23. The van der Waals surface area contributed by atoms with Crippen molar-refractivity contribution in [3.8, 4) is 5.75 Å². The standard InChI is InChI=1S/C11H8F6O3/c12-10(13,14)7-3-6(4-18)1-2-8(7)20-5-9(19)11(15,16)17/h1-4,9,19H,5H2. The van der Waals surface area contributed by atoms with Crippen LogP contribution < -0.4 is 4.74 Å². The van der Waals surface area contributed by atoms with Crippen molar-refractivity contribution in [1.29, 1.82) is 0 Å². The molecular weight excluding hydrogens is 294 g/mol. The number of carbonyl (C=O) groups excluding carboxylic acids is 1. The van der Waals surface area contributed by atoms with Crippen molar-refractivity contribution in [2.45, 2.75) is 18.5 Å². The van der Waals surface area contributed by atoms with Crippen molar-refractivity contribution in [3.05, 3.63) is 29.3 Å². The molecule has 9 heteroatoms. The highest BCUT2D eigenvalue weighted by Crippen LogP contribution is 2.37. The average Bonchev–Trinajstić information content (AvgIpc) is 2.33. The quantitative estimate of drug-likeness (QED) is 0.687. The van der Waals surface area contributed by atoms with Crippen LogP contribution in [0.4, 0.5) is 26.3 Å². The number of ether oxygens (including phenoxy) is 1. The SMILES string of the molecule is O=Cc1ccc(OCC(O)C(F)(F)F)c(C(F)(F)F)c1. The Morgan fingerprint density at radius 3 is 2.25 bits per heavy atom. The molecule has 0 spiro atoms. The molecule has 0 bridgehead atoms. The number of hydrogen-bond acceptors (Lipinski definition) is 3. The van der Waals surface area contributed by atoms with Crippen LogP contribution in [0.5, 0.6) is 5.75 Å². The molecule has 1 aromatic carbocycles. The topological polar surface area (TPSA) is 46.5 Å². The van der Waals surface area contributed by atoms with E-state index in [0.29, 0.717) is 6.07 Å². The summed E-state index contributed by atoms with van der Waals surface area (Å²) in [6.07, 6.45) is -12.7. The molecule has 3 nitrogen and oxygen atoms in total. The molecule has 0 saturated carbocycles. The fraction of sp³-hybridized carbons (Fsp3) is 0.364. The fourth-order valence-electron chi connectivity index (χ4n) is 1.23. The summed E-state index contributed by atoms with van der Waals surface area (Å²) in [6.45, 7) is -1.38. The Morgan fingerprint density at radius 1 is 1.20 bits per heavy atom. The van der Waals surface area contributed by atoms with Gasteiger partial charge in [0.15, 0.2) is 6.10 Å². The van der Waals surface area contributed by atoms with E-state index in [0.717, 1.165) is 12.1 Å². The van der Waals surface area contributed by atoms with E-state index < -0.39 is 36.4 Å². The normalized spacial score (nSPS) is 13.9. The molecule has 1 N–H and O–H groups in total. The van der Waals surface area contributed by atoms with E-state index in [9.17, 15) is 31.1 Å².